The molecule has 1 heterocycles. The SMILES string of the molecule is C1CCC(CNCCN2CCCC2C2CCCC2)C1. The normalized spacial score (nSPS) is 30.6. The molecule has 0 radical (unpaired) electrons. The average molecular weight is 264 g/mol. The Labute approximate surface area is 119 Å². The van der Waals surface area contributed by atoms with Crippen molar-refractivity contribution < 1.29 is 0 Å². The average Bonchev–Trinajstić information content (AvgIpc) is 3.15. The van der Waals surface area contributed by atoms with Crippen molar-refractivity contribution in [3.8, 4) is 0 Å². The van der Waals surface area contributed by atoms with Crippen LogP contribution in [0.5, 0.6) is 0 Å². The molecular formula is C17H32N2. The summed E-state index contributed by atoms with van der Waals surface area (Å²) in [4.78, 5) is 2.80. The number of hydrogen-bond donors (Lipinski definition) is 1. The van der Waals surface area contributed by atoms with Gasteiger partial charge in [-0.15, -0.1) is 0 Å². The van der Waals surface area contributed by atoms with Gasteiger partial charge in [0.25, 0.3) is 0 Å². The first kappa shape index (κ1) is 13.9. The fourth-order valence-electron chi connectivity index (χ4n) is 4.75. The molecule has 3 rings (SSSR count). The summed E-state index contributed by atoms with van der Waals surface area (Å²) in [6, 6.07) is 0.941. The zero-order valence-electron chi connectivity index (χ0n) is 12.6. The highest BCUT2D eigenvalue weighted by Crippen LogP contribution is 2.35. The van der Waals surface area contributed by atoms with E-state index in [1.807, 2.05) is 0 Å². The monoisotopic (exact) mass is 264 g/mol. The molecule has 1 unspecified atom stereocenters. The summed E-state index contributed by atoms with van der Waals surface area (Å²) in [7, 11) is 0. The van der Waals surface area contributed by atoms with Crippen LogP contribution >= 0.6 is 0 Å². The lowest BCUT2D eigenvalue weighted by molar-refractivity contribution is 0.190. The molecule has 3 fully saturated rings. The van der Waals surface area contributed by atoms with Crippen molar-refractivity contribution >= 4 is 0 Å². The van der Waals surface area contributed by atoms with E-state index in [0.29, 0.717) is 0 Å². The number of nitrogens with one attached hydrogen (secondary N) is 1. The number of nitrogens with zero attached hydrogens (tertiary/aromatic N) is 1. The molecule has 1 N–H and O–H groups in total. The Morgan fingerprint density at radius 3 is 2.37 bits per heavy atom. The minimum Gasteiger partial charge on any atom is -0.315 e. The Kier molecular flexibility index (Phi) is 5.17. The zero-order valence-corrected chi connectivity index (χ0v) is 12.6. The summed E-state index contributed by atoms with van der Waals surface area (Å²) in [6.07, 6.45) is 14.8. The van der Waals surface area contributed by atoms with Gasteiger partial charge in [0, 0.05) is 19.1 Å². The van der Waals surface area contributed by atoms with Gasteiger partial charge in [0.15, 0.2) is 0 Å². The van der Waals surface area contributed by atoms with Gasteiger partial charge < -0.3 is 5.32 Å². The first-order valence-corrected chi connectivity index (χ1v) is 8.88. The van der Waals surface area contributed by atoms with Gasteiger partial charge in [-0.05, 0) is 63.5 Å². The molecule has 0 aromatic heterocycles. The van der Waals surface area contributed by atoms with Crippen molar-refractivity contribution in [2.75, 3.05) is 26.2 Å². The van der Waals surface area contributed by atoms with Gasteiger partial charge >= 0.3 is 0 Å². The second-order valence-corrected chi connectivity index (χ2v) is 7.14. The van der Waals surface area contributed by atoms with E-state index in [2.05, 4.69) is 10.2 Å². The molecular weight excluding hydrogens is 232 g/mol. The molecule has 0 spiro atoms. The Morgan fingerprint density at radius 2 is 1.58 bits per heavy atom. The van der Waals surface area contributed by atoms with Gasteiger partial charge in [-0.25, -0.2) is 0 Å². The molecule has 1 saturated heterocycles. The smallest absolute Gasteiger partial charge is 0.0124 e. The molecule has 0 aromatic carbocycles. The van der Waals surface area contributed by atoms with Crippen molar-refractivity contribution in [1.29, 1.82) is 0 Å². The topological polar surface area (TPSA) is 15.3 Å². The third-order valence-corrected chi connectivity index (χ3v) is 5.84. The summed E-state index contributed by atoms with van der Waals surface area (Å²) in [6.45, 7) is 5.17. The van der Waals surface area contributed by atoms with E-state index >= 15 is 0 Å². The minimum absolute atomic E-state index is 0.941. The van der Waals surface area contributed by atoms with Crippen LogP contribution < -0.4 is 5.32 Å². The summed E-state index contributed by atoms with van der Waals surface area (Å²) >= 11 is 0. The Balaban J connectivity index is 1.34. The molecule has 1 atom stereocenters. The summed E-state index contributed by atoms with van der Waals surface area (Å²) in [5.74, 6) is 2.03. The van der Waals surface area contributed by atoms with Crippen LogP contribution in [0.2, 0.25) is 0 Å². The number of rotatable bonds is 6. The second kappa shape index (κ2) is 7.08. The molecule has 0 aromatic rings. The van der Waals surface area contributed by atoms with Crippen LogP contribution in [0, 0.1) is 11.8 Å². The van der Waals surface area contributed by atoms with E-state index in [4.69, 9.17) is 0 Å². The Morgan fingerprint density at radius 1 is 0.842 bits per heavy atom. The Bertz CT molecular complexity index is 254. The highest BCUT2D eigenvalue weighted by molar-refractivity contribution is 4.87. The first-order valence-electron chi connectivity index (χ1n) is 8.88. The van der Waals surface area contributed by atoms with E-state index in [9.17, 15) is 0 Å². The highest BCUT2D eigenvalue weighted by atomic mass is 15.2. The van der Waals surface area contributed by atoms with Crippen molar-refractivity contribution in [3.05, 3.63) is 0 Å². The van der Waals surface area contributed by atoms with Gasteiger partial charge in [0.2, 0.25) is 0 Å². The number of hydrogen-bond acceptors (Lipinski definition) is 2. The van der Waals surface area contributed by atoms with Gasteiger partial charge in [0.1, 0.15) is 0 Å². The maximum atomic E-state index is 3.72. The molecule has 2 saturated carbocycles. The van der Waals surface area contributed by atoms with Crippen LogP contribution in [-0.2, 0) is 0 Å². The molecule has 110 valence electrons. The lowest BCUT2D eigenvalue weighted by Crippen LogP contribution is -2.39. The van der Waals surface area contributed by atoms with Crippen molar-refractivity contribution in [1.82, 2.24) is 10.2 Å². The van der Waals surface area contributed by atoms with Crippen LogP contribution in [0.25, 0.3) is 0 Å². The molecule has 19 heavy (non-hydrogen) atoms. The van der Waals surface area contributed by atoms with E-state index in [0.717, 1.165) is 17.9 Å². The third-order valence-electron chi connectivity index (χ3n) is 5.84. The van der Waals surface area contributed by atoms with Gasteiger partial charge in [-0.1, -0.05) is 25.7 Å². The van der Waals surface area contributed by atoms with E-state index < -0.39 is 0 Å². The van der Waals surface area contributed by atoms with Gasteiger partial charge in [-0.2, -0.15) is 0 Å². The molecule has 3 aliphatic rings. The zero-order chi connectivity index (χ0) is 12.9. The highest BCUT2D eigenvalue weighted by Gasteiger charge is 2.32. The fraction of sp³-hybridized carbons (Fsp3) is 1.00. The van der Waals surface area contributed by atoms with Crippen LogP contribution in [-0.4, -0.2) is 37.1 Å². The number of likely N-dealkylation sites (tertiary alicyclic amines) is 1. The molecule has 1 aliphatic heterocycles. The molecule has 2 heteroatoms. The minimum atomic E-state index is 0.941. The lowest BCUT2D eigenvalue weighted by atomic mass is 9.96. The van der Waals surface area contributed by atoms with Crippen molar-refractivity contribution in [2.45, 2.75) is 70.3 Å². The fourth-order valence-corrected chi connectivity index (χ4v) is 4.75. The quantitative estimate of drug-likeness (QED) is 0.740. The van der Waals surface area contributed by atoms with E-state index in [1.165, 1.54) is 90.4 Å². The predicted octanol–water partition coefficient (Wildman–Crippen LogP) is 3.42. The maximum absolute atomic E-state index is 3.72. The summed E-state index contributed by atoms with van der Waals surface area (Å²) in [5, 5.41) is 3.72. The summed E-state index contributed by atoms with van der Waals surface area (Å²) in [5.41, 5.74) is 0. The van der Waals surface area contributed by atoms with Crippen LogP contribution in [0.3, 0.4) is 0 Å². The molecule has 0 amide bonds. The van der Waals surface area contributed by atoms with Crippen LogP contribution in [0.15, 0.2) is 0 Å². The second-order valence-electron chi connectivity index (χ2n) is 7.14. The van der Waals surface area contributed by atoms with Crippen LogP contribution in [0.4, 0.5) is 0 Å². The largest absolute Gasteiger partial charge is 0.315 e. The van der Waals surface area contributed by atoms with Gasteiger partial charge in [-0.3, -0.25) is 4.90 Å². The van der Waals surface area contributed by atoms with Crippen LogP contribution in [0.1, 0.15) is 64.2 Å². The first-order chi connectivity index (χ1) is 9.43. The third kappa shape index (κ3) is 3.72. The predicted molar refractivity (Wildman–Crippen MR) is 81.4 cm³/mol. The Hall–Kier alpha value is -0.0800. The van der Waals surface area contributed by atoms with Crippen molar-refractivity contribution in [2.24, 2.45) is 11.8 Å². The van der Waals surface area contributed by atoms with E-state index in [1.54, 1.807) is 0 Å². The summed E-state index contributed by atoms with van der Waals surface area (Å²) < 4.78 is 0. The molecule has 2 aliphatic carbocycles. The maximum Gasteiger partial charge on any atom is 0.0124 e. The van der Waals surface area contributed by atoms with Crippen molar-refractivity contribution in [3.63, 3.8) is 0 Å². The lowest BCUT2D eigenvalue weighted by Gasteiger charge is -2.29. The van der Waals surface area contributed by atoms with Gasteiger partial charge in [0.05, 0.1) is 0 Å². The molecule has 2 nitrogen and oxygen atoms in total. The standard InChI is InChI=1S/C17H32N2/c1-2-7-15(6-1)14-18-11-13-19-12-5-10-17(19)16-8-3-4-9-16/h15-18H,1-14H2. The molecule has 0 bridgehead atoms. The van der Waals surface area contributed by atoms with E-state index in [-0.39, 0.29) is 0 Å².